The van der Waals surface area contributed by atoms with Gasteiger partial charge in [0.1, 0.15) is 17.1 Å². The summed E-state index contributed by atoms with van der Waals surface area (Å²) in [6.07, 6.45) is 0. The van der Waals surface area contributed by atoms with Crippen molar-refractivity contribution in [3.8, 4) is 11.5 Å². The van der Waals surface area contributed by atoms with Gasteiger partial charge >= 0.3 is 0 Å². The number of benzene rings is 2. The maximum atomic E-state index is 12.7. The van der Waals surface area contributed by atoms with Crippen LogP contribution in [0.25, 0.3) is 0 Å². The molecule has 0 aliphatic heterocycles. The maximum Gasteiger partial charge on any atom is 0.200 e. The van der Waals surface area contributed by atoms with Crippen molar-refractivity contribution in [2.24, 2.45) is 0 Å². The number of rotatable bonds is 4. The highest BCUT2D eigenvalue weighted by molar-refractivity contribution is 9.10. The van der Waals surface area contributed by atoms with Gasteiger partial charge in [-0.25, -0.2) is 0 Å². The number of ketones is 1. The topological polar surface area (TPSA) is 35.5 Å². The SMILES string of the molecule is COc1cccc(OC)c1C(=O)c1cc(C)cc(Br)c1. The zero-order chi connectivity index (χ0) is 14.7. The third kappa shape index (κ3) is 2.85. The molecule has 0 aliphatic carbocycles. The van der Waals surface area contributed by atoms with Crippen molar-refractivity contribution in [2.45, 2.75) is 6.92 Å². The van der Waals surface area contributed by atoms with Crippen LogP contribution in [0.5, 0.6) is 11.5 Å². The first kappa shape index (κ1) is 14.6. The Morgan fingerprint density at radius 3 is 2.15 bits per heavy atom. The van der Waals surface area contributed by atoms with Crippen molar-refractivity contribution in [1.82, 2.24) is 0 Å². The number of hydrogen-bond acceptors (Lipinski definition) is 3. The number of halogens is 1. The lowest BCUT2D eigenvalue weighted by Crippen LogP contribution is -2.07. The van der Waals surface area contributed by atoms with E-state index in [2.05, 4.69) is 15.9 Å². The summed E-state index contributed by atoms with van der Waals surface area (Å²) in [6.45, 7) is 1.95. The molecule has 0 aromatic heterocycles. The Hall–Kier alpha value is -1.81. The van der Waals surface area contributed by atoms with Crippen molar-refractivity contribution >= 4 is 21.7 Å². The molecule has 0 saturated carbocycles. The van der Waals surface area contributed by atoms with E-state index in [1.54, 1.807) is 24.3 Å². The Balaban J connectivity index is 2.58. The van der Waals surface area contributed by atoms with Gasteiger partial charge in [-0.3, -0.25) is 4.79 Å². The molecule has 104 valence electrons. The van der Waals surface area contributed by atoms with Crippen LogP contribution in [0.3, 0.4) is 0 Å². The highest BCUT2D eigenvalue weighted by Gasteiger charge is 2.20. The predicted octanol–water partition coefficient (Wildman–Crippen LogP) is 4.01. The van der Waals surface area contributed by atoms with Crippen LogP contribution in [0, 0.1) is 6.92 Å². The number of methoxy groups -OCH3 is 2. The Labute approximate surface area is 126 Å². The number of ether oxygens (including phenoxy) is 2. The Morgan fingerprint density at radius 2 is 1.65 bits per heavy atom. The second-order valence-electron chi connectivity index (χ2n) is 4.38. The molecule has 0 radical (unpaired) electrons. The molecule has 3 nitrogen and oxygen atoms in total. The van der Waals surface area contributed by atoms with E-state index in [1.807, 2.05) is 19.1 Å². The van der Waals surface area contributed by atoms with Crippen LogP contribution in [-0.2, 0) is 0 Å². The highest BCUT2D eigenvalue weighted by atomic mass is 79.9. The first-order chi connectivity index (χ1) is 9.56. The normalized spacial score (nSPS) is 10.2. The lowest BCUT2D eigenvalue weighted by molar-refractivity contribution is 0.103. The second-order valence-corrected chi connectivity index (χ2v) is 5.30. The molecule has 0 saturated heterocycles. The van der Waals surface area contributed by atoms with E-state index in [0.717, 1.165) is 10.0 Å². The van der Waals surface area contributed by atoms with Gasteiger partial charge in [0.25, 0.3) is 0 Å². The molecule has 2 aromatic rings. The molecule has 0 spiro atoms. The van der Waals surface area contributed by atoms with E-state index >= 15 is 0 Å². The van der Waals surface area contributed by atoms with E-state index in [0.29, 0.717) is 22.6 Å². The molecule has 0 fully saturated rings. The van der Waals surface area contributed by atoms with E-state index < -0.39 is 0 Å². The van der Waals surface area contributed by atoms with Crippen molar-refractivity contribution in [1.29, 1.82) is 0 Å². The quantitative estimate of drug-likeness (QED) is 0.792. The number of carbonyl (C=O) groups is 1. The Morgan fingerprint density at radius 1 is 1.05 bits per heavy atom. The minimum Gasteiger partial charge on any atom is -0.496 e. The average Bonchev–Trinajstić information content (AvgIpc) is 2.44. The third-order valence-corrected chi connectivity index (χ3v) is 3.42. The van der Waals surface area contributed by atoms with Gasteiger partial charge in [-0.15, -0.1) is 0 Å². The molecule has 0 bridgehead atoms. The standard InChI is InChI=1S/C16H15BrO3/c1-10-7-11(9-12(17)8-10)16(18)15-13(19-2)5-4-6-14(15)20-3/h4-9H,1-3H3. The minimum absolute atomic E-state index is 0.122. The summed E-state index contributed by atoms with van der Waals surface area (Å²) in [5.74, 6) is 0.891. The molecular formula is C16H15BrO3. The van der Waals surface area contributed by atoms with Crippen LogP contribution >= 0.6 is 15.9 Å². The number of carbonyl (C=O) groups excluding carboxylic acids is 1. The number of hydrogen-bond donors (Lipinski definition) is 0. The van der Waals surface area contributed by atoms with Crippen molar-refractivity contribution in [2.75, 3.05) is 14.2 Å². The summed E-state index contributed by atoms with van der Waals surface area (Å²) in [7, 11) is 3.08. The minimum atomic E-state index is -0.122. The summed E-state index contributed by atoms with van der Waals surface area (Å²) in [5, 5.41) is 0. The predicted molar refractivity (Wildman–Crippen MR) is 81.9 cm³/mol. The van der Waals surface area contributed by atoms with Gasteiger partial charge in [0, 0.05) is 10.0 Å². The van der Waals surface area contributed by atoms with Gasteiger partial charge in [-0.1, -0.05) is 22.0 Å². The average molecular weight is 335 g/mol. The van der Waals surface area contributed by atoms with Crippen LogP contribution in [0.15, 0.2) is 40.9 Å². The Kier molecular flexibility index (Phi) is 4.45. The van der Waals surface area contributed by atoms with Gasteiger partial charge in [0.05, 0.1) is 14.2 Å². The summed E-state index contributed by atoms with van der Waals surface area (Å²) in [5.41, 5.74) is 2.05. The van der Waals surface area contributed by atoms with Crippen LogP contribution in [-0.4, -0.2) is 20.0 Å². The molecule has 20 heavy (non-hydrogen) atoms. The highest BCUT2D eigenvalue weighted by Crippen LogP contribution is 2.31. The van der Waals surface area contributed by atoms with E-state index in [4.69, 9.17) is 9.47 Å². The molecule has 0 unspecified atom stereocenters. The molecule has 0 N–H and O–H groups in total. The van der Waals surface area contributed by atoms with Gasteiger partial charge in [0.2, 0.25) is 5.78 Å². The maximum absolute atomic E-state index is 12.7. The van der Waals surface area contributed by atoms with Crippen LogP contribution < -0.4 is 9.47 Å². The molecule has 0 amide bonds. The van der Waals surface area contributed by atoms with Crippen molar-refractivity contribution in [3.63, 3.8) is 0 Å². The van der Waals surface area contributed by atoms with E-state index in [-0.39, 0.29) is 5.78 Å². The molecule has 0 aliphatic rings. The smallest absolute Gasteiger partial charge is 0.200 e. The number of aryl methyl sites for hydroxylation is 1. The summed E-state index contributed by atoms with van der Waals surface area (Å²) >= 11 is 3.41. The Bertz CT molecular complexity index is 608. The van der Waals surface area contributed by atoms with Gasteiger partial charge in [-0.05, 0) is 42.8 Å². The van der Waals surface area contributed by atoms with E-state index in [1.165, 1.54) is 14.2 Å². The second kappa shape index (κ2) is 6.09. The molecular weight excluding hydrogens is 320 g/mol. The molecule has 0 heterocycles. The zero-order valence-electron chi connectivity index (χ0n) is 11.6. The van der Waals surface area contributed by atoms with Crippen LogP contribution in [0.4, 0.5) is 0 Å². The summed E-state index contributed by atoms with van der Waals surface area (Å²) < 4.78 is 11.4. The van der Waals surface area contributed by atoms with Gasteiger partial charge < -0.3 is 9.47 Å². The van der Waals surface area contributed by atoms with Gasteiger partial charge in [-0.2, -0.15) is 0 Å². The first-order valence-corrected chi connectivity index (χ1v) is 6.89. The summed E-state index contributed by atoms with van der Waals surface area (Å²) in [4.78, 5) is 12.7. The van der Waals surface area contributed by atoms with Crippen LogP contribution in [0.2, 0.25) is 0 Å². The van der Waals surface area contributed by atoms with Crippen LogP contribution in [0.1, 0.15) is 21.5 Å². The zero-order valence-corrected chi connectivity index (χ0v) is 13.2. The van der Waals surface area contributed by atoms with E-state index in [9.17, 15) is 4.79 Å². The van der Waals surface area contributed by atoms with Crippen molar-refractivity contribution in [3.05, 3.63) is 57.6 Å². The molecule has 0 atom stereocenters. The van der Waals surface area contributed by atoms with Crippen molar-refractivity contribution < 1.29 is 14.3 Å². The first-order valence-electron chi connectivity index (χ1n) is 6.09. The molecule has 2 rings (SSSR count). The lowest BCUT2D eigenvalue weighted by atomic mass is 10.00. The summed E-state index contributed by atoms with van der Waals surface area (Å²) in [6, 6.07) is 10.9. The fourth-order valence-electron chi connectivity index (χ4n) is 2.09. The fourth-order valence-corrected chi connectivity index (χ4v) is 2.69. The molecule has 2 aromatic carbocycles. The fraction of sp³-hybridized carbons (Fsp3) is 0.188. The largest absolute Gasteiger partial charge is 0.496 e. The third-order valence-electron chi connectivity index (χ3n) is 2.96. The molecule has 4 heteroatoms. The lowest BCUT2D eigenvalue weighted by Gasteiger charge is -2.12. The van der Waals surface area contributed by atoms with Gasteiger partial charge in [0.15, 0.2) is 0 Å². The monoisotopic (exact) mass is 334 g/mol.